The van der Waals surface area contributed by atoms with E-state index in [9.17, 15) is 8.42 Å². The summed E-state index contributed by atoms with van der Waals surface area (Å²) in [6.07, 6.45) is 0. The van der Waals surface area contributed by atoms with Gasteiger partial charge < -0.3 is 15.4 Å². The average molecular weight is 414 g/mol. The smallest absolute Gasteiger partial charge is 0.263 e. The molecule has 0 saturated heterocycles. The van der Waals surface area contributed by atoms with Gasteiger partial charge in [0.15, 0.2) is 5.11 Å². The van der Waals surface area contributed by atoms with E-state index < -0.39 is 10.0 Å². The highest BCUT2D eigenvalue weighted by molar-refractivity contribution is 7.92. The minimum absolute atomic E-state index is 0.0672. The fourth-order valence-electron chi connectivity index (χ4n) is 2.15. The topological polar surface area (TPSA) is 79.5 Å². The lowest BCUT2D eigenvalue weighted by atomic mass is 10.3. The molecule has 140 valence electrons. The summed E-state index contributed by atoms with van der Waals surface area (Å²) in [5.74, 6) is 0.406. The molecule has 2 aromatic carbocycles. The minimum Gasteiger partial charge on any atom is -0.495 e. The maximum atomic E-state index is 12.8. The highest BCUT2D eigenvalue weighted by Gasteiger charge is 2.20. The number of para-hydroxylation sites is 2. The molecular formula is C17H20ClN3O3S2. The number of hydrogen-bond acceptors (Lipinski definition) is 4. The number of nitrogens with one attached hydrogen (secondary N) is 3. The molecule has 26 heavy (non-hydrogen) atoms. The van der Waals surface area contributed by atoms with Crippen molar-refractivity contribution < 1.29 is 13.2 Å². The lowest BCUT2D eigenvalue weighted by molar-refractivity contribution is 0.417. The van der Waals surface area contributed by atoms with Gasteiger partial charge in [-0.15, -0.1) is 0 Å². The Morgan fingerprint density at radius 3 is 2.54 bits per heavy atom. The van der Waals surface area contributed by atoms with Gasteiger partial charge in [-0.2, -0.15) is 0 Å². The Morgan fingerprint density at radius 2 is 1.88 bits per heavy atom. The summed E-state index contributed by atoms with van der Waals surface area (Å²) < 4.78 is 33.2. The van der Waals surface area contributed by atoms with Gasteiger partial charge in [0.05, 0.1) is 17.8 Å². The molecule has 0 saturated carbocycles. The van der Waals surface area contributed by atoms with Crippen LogP contribution < -0.4 is 20.1 Å². The standard InChI is InChI=1S/C17H20ClN3O3S2/c1-11(2)19-17(25)20-12-8-9-13(18)16(10-12)26(22,23)21-14-6-4-5-7-15(14)24-3/h4-11,21H,1-3H3,(H2,19,20,25). The predicted molar refractivity (Wildman–Crippen MR) is 110 cm³/mol. The second-order valence-electron chi connectivity index (χ2n) is 5.70. The molecule has 0 aliphatic carbocycles. The van der Waals surface area contributed by atoms with E-state index in [0.29, 0.717) is 22.2 Å². The molecular weight excluding hydrogens is 394 g/mol. The number of thiocarbonyl (C=S) groups is 1. The third-order valence-corrected chi connectivity index (χ3v) is 5.32. The number of methoxy groups -OCH3 is 1. The molecule has 0 aliphatic heterocycles. The number of rotatable bonds is 6. The van der Waals surface area contributed by atoms with Crippen LogP contribution in [0, 0.1) is 0 Å². The Morgan fingerprint density at radius 1 is 1.19 bits per heavy atom. The average Bonchev–Trinajstić information content (AvgIpc) is 2.56. The first-order valence-electron chi connectivity index (χ1n) is 7.76. The van der Waals surface area contributed by atoms with E-state index in [1.54, 1.807) is 30.3 Å². The summed E-state index contributed by atoms with van der Waals surface area (Å²) >= 11 is 11.3. The lowest BCUT2D eigenvalue weighted by Gasteiger charge is -2.15. The number of benzene rings is 2. The van der Waals surface area contributed by atoms with Gasteiger partial charge in [-0.3, -0.25) is 4.72 Å². The van der Waals surface area contributed by atoms with Crippen molar-refractivity contribution in [3.05, 3.63) is 47.5 Å². The molecule has 0 unspecified atom stereocenters. The van der Waals surface area contributed by atoms with E-state index in [1.165, 1.54) is 19.2 Å². The van der Waals surface area contributed by atoms with Crippen molar-refractivity contribution in [3.63, 3.8) is 0 Å². The van der Waals surface area contributed by atoms with E-state index in [0.717, 1.165) is 0 Å². The van der Waals surface area contributed by atoms with Crippen molar-refractivity contribution in [2.45, 2.75) is 24.8 Å². The number of anilines is 2. The molecule has 3 N–H and O–H groups in total. The number of hydrogen-bond donors (Lipinski definition) is 3. The lowest BCUT2D eigenvalue weighted by Crippen LogP contribution is -2.33. The zero-order valence-electron chi connectivity index (χ0n) is 14.5. The molecule has 0 atom stereocenters. The van der Waals surface area contributed by atoms with Gasteiger partial charge in [0, 0.05) is 11.7 Å². The van der Waals surface area contributed by atoms with Crippen LogP contribution in [0.2, 0.25) is 5.02 Å². The summed E-state index contributed by atoms with van der Waals surface area (Å²) in [5, 5.41) is 6.46. The SMILES string of the molecule is COc1ccccc1NS(=O)(=O)c1cc(NC(=S)NC(C)C)ccc1Cl. The van der Waals surface area contributed by atoms with Crippen LogP contribution in [0.3, 0.4) is 0 Å². The van der Waals surface area contributed by atoms with Gasteiger partial charge in [-0.05, 0) is 56.4 Å². The first-order chi connectivity index (χ1) is 12.2. The largest absolute Gasteiger partial charge is 0.495 e. The molecule has 9 heteroatoms. The van der Waals surface area contributed by atoms with Crippen LogP contribution in [-0.2, 0) is 10.0 Å². The van der Waals surface area contributed by atoms with Crippen LogP contribution >= 0.6 is 23.8 Å². The van der Waals surface area contributed by atoms with Gasteiger partial charge in [0.25, 0.3) is 10.0 Å². The molecule has 0 amide bonds. The van der Waals surface area contributed by atoms with Crippen LogP contribution in [0.1, 0.15) is 13.8 Å². The first-order valence-corrected chi connectivity index (χ1v) is 10.0. The zero-order valence-corrected chi connectivity index (χ0v) is 16.9. The monoisotopic (exact) mass is 413 g/mol. The second-order valence-corrected chi connectivity index (χ2v) is 8.17. The van der Waals surface area contributed by atoms with Crippen LogP contribution in [0.25, 0.3) is 0 Å². The maximum Gasteiger partial charge on any atom is 0.263 e. The highest BCUT2D eigenvalue weighted by Crippen LogP contribution is 2.30. The first kappa shape index (κ1) is 20.3. The van der Waals surface area contributed by atoms with Gasteiger partial charge in [-0.25, -0.2) is 8.42 Å². The molecule has 0 radical (unpaired) electrons. The van der Waals surface area contributed by atoms with Crippen molar-refractivity contribution >= 4 is 50.3 Å². The summed E-state index contributed by atoms with van der Waals surface area (Å²) in [5.41, 5.74) is 0.828. The van der Waals surface area contributed by atoms with Crippen LogP contribution in [-0.4, -0.2) is 26.7 Å². The third-order valence-electron chi connectivity index (χ3n) is 3.25. The van der Waals surface area contributed by atoms with Crippen LogP contribution in [0.4, 0.5) is 11.4 Å². The molecule has 2 aromatic rings. The van der Waals surface area contributed by atoms with Gasteiger partial charge in [-0.1, -0.05) is 23.7 Å². The van der Waals surface area contributed by atoms with Crippen molar-refractivity contribution in [2.24, 2.45) is 0 Å². The Balaban J connectivity index is 2.31. The molecule has 2 rings (SSSR count). The molecule has 0 fully saturated rings. The number of ether oxygens (including phenoxy) is 1. The predicted octanol–water partition coefficient (Wildman–Crippen LogP) is 3.84. The van der Waals surface area contributed by atoms with E-state index in [4.69, 9.17) is 28.6 Å². The van der Waals surface area contributed by atoms with E-state index in [-0.39, 0.29) is 16.0 Å². The molecule has 0 aliphatic rings. The van der Waals surface area contributed by atoms with E-state index in [2.05, 4.69) is 15.4 Å². The van der Waals surface area contributed by atoms with Gasteiger partial charge in [0.1, 0.15) is 10.6 Å². The van der Waals surface area contributed by atoms with Crippen LogP contribution in [0.5, 0.6) is 5.75 Å². The molecule has 0 heterocycles. The van der Waals surface area contributed by atoms with E-state index >= 15 is 0 Å². The fraction of sp³-hybridized carbons (Fsp3) is 0.235. The van der Waals surface area contributed by atoms with Crippen molar-refractivity contribution in [1.82, 2.24) is 5.32 Å². The number of halogens is 1. The Labute approximate surface area is 163 Å². The Kier molecular flexibility index (Phi) is 6.69. The summed E-state index contributed by atoms with van der Waals surface area (Å²) in [6, 6.07) is 11.4. The normalized spacial score (nSPS) is 11.1. The van der Waals surface area contributed by atoms with Gasteiger partial charge in [0.2, 0.25) is 0 Å². The second kappa shape index (κ2) is 8.57. The Hall–Kier alpha value is -2.03. The summed E-state index contributed by atoms with van der Waals surface area (Å²) in [7, 11) is -2.46. The summed E-state index contributed by atoms with van der Waals surface area (Å²) in [6.45, 7) is 3.89. The Bertz CT molecular complexity index is 902. The maximum absolute atomic E-state index is 12.8. The number of sulfonamides is 1. The third kappa shape index (κ3) is 5.23. The van der Waals surface area contributed by atoms with Crippen molar-refractivity contribution in [3.8, 4) is 5.75 Å². The van der Waals surface area contributed by atoms with E-state index in [1.807, 2.05) is 13.8 Å². The fourth-order valence-corrected chi connectivity index (χ4v) is 4.10. The minimum atomic E-state index is -3.92. The summed E-state index contributed by atoms with van der Waals surface area (Å²) in [4.78, 5) is -0.0672. The molecule has 0 bridgehead atoms. The molecule has 0 aromatic heterocycles. The highest BCUT2D eigenvalue weighted by atomic mass is 35.5. The quantitative estimate of drug-likeness (QED) is 0.624. The molecule has 0 spiro atoms. The van der Waals surface area contributed by atoms with Crippen LogP contribution in [0.15, 0.2) is 47.4 Å². The van der Waals surface area contributed by atoms with Crippen molar-refractivity contribution in [1.29, 1.82) is 0 Å². The zero-order chi connectivity index (χ0) is 19.3. The molecule has 6 nitrogen and oxygen atoms in total. The van der Waals surface area contributed by atoms with Gasteiger partial charge >= 0.3 is 0 Å². The van der Waals surface area contributed by atoms with Crippen molar-refractivity contribution in [2.75, 3.05) is 17.1 Å².